The van der Waals surface area contributed by atoms with E-state index < -0.39 is 0 Å². The average Bonchev–Trinajstić information content (AvgIpc) is 3.19. The van der Waals surface area contributed by atoms with Crippen molar-refractivity contribution in [1.29, 1.82) is 0 Å². The molecule has 1 aliphatic heterocycles. The number of nitrogens with one attached hydrogen (secondary N) is 1. The molecule has 2 nitrogen and oxygen atoms in total. The Kier molecular flexibility index (Phi) is 7.37. The summed E-state index contributed by atoms with van der Waals surface area (Å²) in [4.78, 5) is 0. The van der Waals surface area contributed by atoms with Gasteiger partial charge in [-0.25, -0.2) is 0 Å². The molecule has 0 spiro atoms. The molecule has 2 aliphatic rings. The Morgan fingerprint density at radius 1 is 0.950 bits per heavy atom. The Morgan fingerprint density at radius 2 is 1.60 bits per heavy atom. The number of unbranched alkanes of at least 4 members (excludes halogenated alkanes) is 4. The lowest BCUT2D eigenvalue weighted by atomic mass is 9.98. The Balaban J connectivity index is 1.75. The third-order valence-corrected chi connectivity index (χ3v) is 4.98. The number of hydrogen-bond acceptors (Lipinski definition) is 2. The fourth-order valence-corrected chi connectivity index (χ4v) is 3.57. The molecule has 0 radical (unpaired) electrons. The van der Waals surface area contributed by atoms with Crippen LogP contribution in [0.4, 0.5) is 0 Å². The van der Waals surface area contributed by atoms with E-state index >= 15 is 0 Å². The molecule has 2 atom stereocenters. The Morgan fingerprint density at radius 3 is 2.15 bits per heavy atom. The summed E-state index contributed by atoms with van der Waals surface area (Å²) in [6.07, 6.45) is 15.5. The van der Waals surface area contributed by atoms with Crippen LogP contribution in [0.2, 0.25) is 0 Å². The van der Waals surface area contributed by atoms with Gasteiger partial charge < -0.3 is 10.1 Å². The van der Waals surface area contributed by atoms with Crippen molar-refractivity contribution < 1.29 is 4.74 Å². The van der Waals surface area contributed by atoms with E-state index in [0.717, 1.165) is 18.6 Å². The first-order chi connectivity index (χ1) is 9.85. The molecule has 0 amide bonds. The van der Waals surface area contributed by atoms with E-state index in [4.69, 9.17) is 4.74 Å². The minimum Gasteiger partial charge on any atom is -0.376 e. The first-order valence-corrected chi connectivity index (χ1v) is 9.22. The SMILES string of the molecule is CCCCCC(CCCCC)NC1CCOC1C1CC1. The molecule has 1 heterocycles. The summed E-state index contributed by atoms with van der Waals surface area (Å²) < 4.78 is 5.98. The standard InChI is InChI=1S/C18H35NO/c1-3-5-7-9-16(10-8-6-4-2)19-17-13-14-20-18(17)15-11-12-15/h15-19H,3-14H2,1-2H3. The monoisotopic (exact) mass is 281 g/mol. The van der Waals surface area contributed by atoms with Crippen molar-refractivity contribution in [2.45, 2.75) is 103 Å². The topological polar surface area (TPSA) is 21.3 Å². The summed E-state index contributed by atoms with van der Waals surface area (Å²) in [6, 6.07) is 1.39. The van der Waals surface area contributed by atoms with Gasteiger partial charge in [-0.3, -0.25) is 0 Å². The van der Waals surface area contributed by atoms with E-state index in [1.807, 2.05) is 0 Å². The van der Waals surface area contributed by atoms with Crippen molar-refractivity contribution in [2.24, 2.45) is 5.92 Å². The molecule has 0 aromatic rings. The van der Waals surface area contributed by atoms with E-state index in [-0.39, 0.29) is 0 Å². The molecule has 0 aromatic carbocycles. The van der Waals surface area contributed by atoms with Gasteiger partial charge in [-0.2, -0.15) is 0 Å². The molecule has 20 heavy (non-hydrogen) atoms. The summed E-state index contributed by atoms with van der Waals surface area (Å²) >= 11 is 0. The smallest absolute Gasteiger partial charge is 0.0757 e. The number of ether oxygens (including phenoxy) is 1. The van der Waals surface area contributed by atoms with Gasteiger partial charge in [0.05, 0.1) is 6.10 Å². The van der Waals surface area contributed by atoms with Gasteiger partial charge in [0.25, 0.3) is 0 Å². The maximum absolute atomic E-state index is 5.98. The van der Waals surface area contributed by atoms with Crippen LogP contribution in [0.1, 0.15) is 84.5 Å². The highest BCUT2D eigenvalue weighted by molar-refractivity contribution is 4.94. The Labute approximate surface area is 126 Å². The zero-order chi connectivity index (χ0) is 14.2. The Hall–Kier alpha value is -0.0800. The third kappa shape index (κ3) is 5.37. The molecular weight excluding hydrogens is 246 g/mol. The van der Waals surface area contributed by atoms with Gasteiger partial charge in [0.2, 0.25) is 0 Å². The second-order valence-corrected chi connectivity index (χ2v) is 6.92. The van der Waals surface area contributed by atoms with Crippen molar-refractivity contribution in [3.05, 3.63) is 0 Å². The Bertz CT molecular complexity index is 242. The quantitative estimate of drug-likeness (QED) is 0.556. The summed E-state index contributed by atoms with van der Waals surface area (Å²) in [5.74, 6) is 0.877. The van der Waals surface area contributed by atoms with E-state index in [9.17, 15) is 0 Å². The maximum Gasteiger partial charge on any atom is 0.0757 e. The molecule has 1 saturated carbocycles. The highest BCUT2D eigenvalue weighted by atomic mass is 16.5. The van der Waals surface area contributed by atoms with Gasteiger partial charge in [0, 0.05) is 18.7 Å². The molecule has 1 saturated heterocycles. The second kappa shape index (κ2) is 9.04. The largest absolute Gasteiger partial charge is 0.376 e. The minimum atomic E-state index is 0.537. The second-order valence-electron chi connectivity index (χ2n) is 6.92. The zero-order valence-electron chi connectivity index (χ0n) is 13.7. The molecule has 118 valence electrons. The van der Waals surface area contributed by atoms with E-state index in [1.54, 1.807) is 0 Å². The van der Waals surface area contributed by atoms with Gasteiger partial charge in [0.15, 0.2) is 0 Å². The highest BCUT2D eigenvalue weighted by Gasteiger charge is 2.40. The average molecular weight is 281 g/mol. The number of rotatable bonds is 11. The molecule has 0 aromatic heterocycles. The van der Waals surface area contributed by atoms with Gasteiger partial charge in [-0.1, -0.05) is 52.4 Å². The molecule has 2 heteroatoms. The van der Waals surface area contributed by atoms with Crippen LogP contribution in [0.15, 0.2) is 0 Å². The van der Waals surface area contributed by atoms with Crippen LogP contribution < -0.4 is 5.32 Å². The van der Waals surface area contributed by atoms with E-state index in [1.165, 1.54) is 70.6 Å². The van der Waals surface area contributed by atoms with Crippen LogP contribution in [0.5, 0.6) is 0 Å². The zero-order valence-corrected chi connectivity index (χ0v) is 13.7. The summed E-state index contributed by atoms with van der Waals surface area (Å²) in [7, 11) is 0. The summed E-state index contributed by atoms with van der Waals surface area (Å²) in [5, 5.41) is 3.98. The summed E-state index contributed by atoms with van der Waals surface area (Å²) in [6.45, 7) is 5.58. The normalized spacial score (nSPS) is 26.6. The third-order valence-electron chi connectivity index (χ3n) is 4.98. The molecule has 0 bridgehead atoms. The van der Waals surface area contributed by atoms with Crippen LogP contribution in [0, 0.1) is 5.92 Å². The van der Waals surface area contributed by atoms with Crippen molar-refractivity contribution >= 4 is 0 Å². The molecule has 1 aliphatic carbocycles. The molecular formula is C18H35NO. The van der Waals surface area contributed by atoms with Crippen LogP contribution in [0.25, 0.3) is 0 Å². The molecule has 2 unspecified atom stereocenters. The van der Waals surface area contributed by atoms with Crippen LogP contribution in [0.3, 0.4) is 0 Å². The van der Waals surface area contributed by atoms with Crippen LogP contribution in [-0.2, 0) is 4.74 Å². The molecule has 2 fully saturated rings. The maximum atomic E-state index is 5.98. The lowest BCUT2D eigenvalue weighted by Gasteiger charge is -2.26. The highest BCUT2D eigenvalue weighted by Crippen LogP contribution is 2.39. The van der Waals surface area contributed by atoms with Crippen LogP contribution in [-0.4, -0.2) is 24.8 Å². The fraction of sp³-hybridized carbons (Fsp3) is 1.00. The van der Waals surface area contributed by atoms with Gasteiger partial charge in [-0.15, -0.1) is 0 Å². The summed E-state index contributed by atoms with van der Waals surface area (Å²) in [5.41, 5.74) is 0. The lowest BCUT2D eigenvalue weighted by molar-refractivity contribution is 0.0781. The van der Waals surface area contributed by atoms with Crippen LogP contribution >= 0.6 is 0 Å². The van der Waals surface area contributed by atoms with E-state index in [2.05, 4.69) is 19.2 Å². The lowest BCUT2D eigenvalue weighted by Crippen LogP contribution is -2.43. The van der Waals surface area contributed by atoms with E-state index in [0.29, 0.717) is 12.1 Å². The predicted octanol–water partition coefficient (Wildman–Crippen LogP) is 4.67. The van der Waals surface area contributed by atoms with Crippen molar-refractivity contribution in [2.75, 3.05) is 6.61 Å². The van der Waals surface area contributed by atoms with Crippen molar-refractivity contribution in [3.8, 4) is 0 Å². The first kappa shape index (κ1) is 16.3. The van der Waals surface area contributed by atoms with Gasteiger partial charge in [-0.05, 0) is 38.0 Å². The van der Waals surface area contributed by atoms with Crippen molar-refractivity contribution in [3.63, 3.8) is 0 Å². The molecule has 1 N–H and O–H groups in total. The van der Waals surface area contributed by atoms with Gasteiger partial charge in [0.1, 0.15) is 0 Å². The minimum absolute atomic E-state index is 0.537. The number of hydrogen-bond donors (Lipinski definition) is 1. The first-order valence-electron chi connectivity index (χ1n) is 9.22. The predicted molar refractivity (Wildman–Crippen MR) is 86.1 cm³/mol. The molecule has 2 rings (SSSR count). The van der Waals surface area contributed by atoms with Crippen molar-refractivity contribution in [1.82, 2.24) is 5.32 Å². The van der Waals surface area contributed by atoms with Gasteiger partial charge >= 0.3 is 0 Å². The fourth-order valence-electron chi connectivity index (χ4n) is 3.57.